The third kappa shape index (κ3) is 1.77. The van der Waals surface area contributed by atoms with E-state index in [9.17, 15) is 0 Å². The normalized spacial score (nSPS) is 9.75. The van der Waals surface area contributed by atoms with Crippen LogP contribution in [0.5, 0.6) is 0 Å². The number of hydrogen-bond donors (Lipinski definition) is 0. The van der Waals surface area contributed by atoms with Crippen molar-refractivity contribution in [2.75, 3.05) is 0 Å². The minimum absolute atomic E-state index is 0. The van der Waals surface area contributed by atoms with Gasteiger partial charge in [0.2, 0.25) is 0 Å². The molecule has 0 radical (unpaired) electrons. The predicted octanol–water partition coefficient (Wildman–Crippen LogP) is 0.125. The molecule has 0 heterocycles. The number of benzene rings is 1. The van der Waals surface area contributed by atoms with Crippen molar-refractivity contribution in [2.24, 2.45) is 0 Å². The van der Waals surface area contributed by atoms with Gasteiger partial charge < -0.3 is 0 Å². The van der Waals surface area contributed by atoms with Crippen LogP contribution in [0.4, 0.5) is 0 Å². The van der Waals surface area contributed by atoms with Crippen LogP contribution in [0.25, 0.3) is 10.8 Å². The molecular formula is C11H11Na. The molecule has 0 saturated carbocycles. The Morgan fingerprint density at radius 1 is 1.25 bits per heavy atom. The van der Waals surface area contributed by atoms with E-state index in [1.807, 2.05) is 0 Å². The summed E-state index contributed by atoms with van der Waals surface area (Å²) < 4.78 is 0. The van der Waals surface area contributed by atoms with E-state index in [2.05, 4.69) is 43.3 Å². The minimum Gasteiger partial charge on any atom is -0.165 e. The summed E-state index contributed by atoms with van der Waals surface area (Å²) in [5, 5.41) is 2.73. The van der Waals surface area contributed by atoms with Crippen LogP contribution in [-0.4, -0.2) is 0 Å². The average molecular weight is 166 g/mol. The van der Waals surface area contributed by atoms with E-state index < -0.39 is 0 Å². The molecule has 1 heteroatoms. The Bertz CT molecular complexity index is 327. The second kappa shape index (κ2) is 4.18. The molecule has 0 atom stereocenters. The van der Waals surface area contributed by atoms with Crippen molar-refractivity contribution in [3.63, 3.8) is 0 Å². The van der Waals surface area contributed by atoms with Crippen LogP contribution in [0, 0.1) is 0 Å². The van der Waals surface area contributed by atoms with E-state index >= 15 is 0 Å². The van der Waals surface area contributed by atoms with Crippen molar-refractivity contribution in [2.45, 2.75) is 13.3 Å². The third-order valence-corrected chi connectivity index (χ3v) is 2.09. The van der Waals surface area contributed by atoms with Crippen LogP contribution < -0.4 is 29.6 Å². The Morgan fingerprint density at radius 3 is 2.67 bits per heavy atom. The van der Waals surface area contributed by atoms with Crippen LogP contribution in [0.2, 0.25) is 0 Å². The van der Waals surface area contributed by atoms with Crippen molar-refractivity contribution in [3.8, 4) is 0 Å². The summed E-state index contributed by atoms with van der Waals surface area (Å²) in [7, 11) is 0. The van der Waals surface area contributed by atoms with Gasteiger partial charge in [0.1, 0.15) is 0 Å². The molecule has 0 nitrogen and oxygen atoms in total. The molecule has 2 aromatic carbocycles. The first kappa shape index (κ1) is 9.91. The number of aryl methyl sites for hydroxylation is 1. The second-order valence-electron chi connectivity index (χ2n) is 2.85. The molecule has 0 aliphatic heterocycles. The van der Waals surface area contributed by atoms with E-state index in [1.165, 1.54) is 16.3 Å². The molecule has 56 valence electrons. The van der Waals surface area contributed by atoms with E-state index in [-0.39, 0.29) is 29.6 Å². The zero-order valence-corrected chi connectivity index (χ0v) is 9.67. The Kier molecular flexibility index (Phi) is 3.45. The second-order valence-corrected chi connectivity index (χ2v) is 2.85. The van der Waals surface area contributed by atoms with Gasteiger partial charge in [-0.05, 0) is 6.42 Å². The van der Waals surface area contributed by atoms with Crippen LogP contribution in [0.15, 0.2) is 36.4 Å². The van der Waals surface area contributed by atoms with Gasteiger partial charge in [-0.25, -0.2) is 0 Å². The summed E-state index contributed by atoms with van der Waals surface area (Å²) in [5.41, 5.74) is 1.44. The van der Waals surface area contributed by atoms with Crippen molar-refractivity contribution in [1.29, 1.82) is 0 Å². The zero-order valence-electron chi connectivity index (χ0n) is 7.67. The molecule has 0 unspecified atom stereocenters. The van der Waals surface area contributed by atoms with Gasteiger partial charge in [-0.15, -0.1) is 40.6 Å². The average Bonchev–Trinajstić information content (AvgIpc) is 2.46. The van der Waals surface area contributed by atoms with E-state index in [4.69, 9.17) is 0 Å². The largest absolute Gasteiger partial charge is 1.00 e. The first-order valence-corrected chi connectivity index (χ1v) is 4.04. The summed E-state index contributed by atoms with van der Waals surface area (Å²) in [6.45, 7) is 2.19. The summed E-state index contributed by atoms with van der Waals surface area (Å²) in [6, 6.07) is 13.0. The Labute approximate surface area is 95.2 Å². The van der Waals surface area contributed by atoms with Gasteiger partial charge in [0, 0.05) is 0 Å². The summed E-state index contributed by atoms with van der Waals surface area (Å²) in [5.74, 6) is 0. The molecule has 2 rings (SSSR count). The molecule has 0 amide bonds. The maximum Gasteiger partial charge on any atom is 1.00 e. The molecule has 12 heavy (non-hydrogen) atoms. The minimum atomic E-state index is 0. The molecule has 0 N–H and O–H groups in total. The van der Waals surface area contributed by atoms with Crippen molar-refractivity contribution >= 4 is 10.8 Å². The summed E-state index contributed by atoms with van der Waals surface area (Å²) in [6.07, 6.45) is 1.13. The molecule has 2 aromatic rings. The smallest absolute Gasteiger partial charge is 0.165 e. The van der Waals surface area contributed by atoms with Gasteiger partial charge in [0.15, 0.2) is 0 Å². The van der Waals surface area contributed by atoms with Crippen LogP contribution in [0.1, 0.15) is 12.5 Å². The van der Waals surface area contributed by atoms with Gasteiger partial charge >= 0.3 is 29.6 Å². The van der Waals surface area contributed by atoms with Gasteiger partial charge in [0.25, 0.3) is 0 Å². The van der Waals surface area contributed by atoms with Crippen molar-refractivity contribution in [1.82, 2.24) is 0 Å². The SMILES string of the molecule is CCc1cc2ccccc2[cH-]1.[Na+]. The molecule has 0 aliphatic rings. The van der Waals surface area contributed by atoms with Gasteiger partial charge in [-0.3, -0.25) is 0 Å². The van der Waals surface area contributed by atoms with Gasteiger partial charge in [0.05, 0.1) is 0 Å². The fourth-order valence-corrected chi connectivity index (χ4v) is 1.42. The maximum atomic E-state index is 2.26. The molecule has 0 spiro atoms. The monoisotopic (exact) mass is 166 g/mol. The third-order valence-electron chi connectivity index (χ3n) is 2.09. The number of fused-ring (bicyclic) bond motifs is 1. The van der Waals surface area contributed by atoms with Crippen LogP contribution >= 0.6 is 0 Å². The van der Waals surface area contributed by atoms with Crippen molar-refractivity contribution < 1.29 is 29.6 Å². The van der Waals surface area contributed by atoms with Gasteiger partial charge in [-0.1, -0.05) is 13.0 Å². The Balaban J connectivity index is 0.000000720. The van der Waals surface area contributed by atoms with Gasteiger partial charge in [-0.2, -0.15) is 6.07 Å². The predicted molar refractivity (Wildman–Crippen MR) is 48.9 cm³/mol. The number of rotatable bonds is 1. The van der Waals surface area contributed by atoms with Crippen LogP contribution in [0.3, 0.4) is 0 Å². The molecule has 0 aromatic heterocycles. The summed E-state index contributed by atoms with van der Waals surface area (Å²) in [4.78, 5) is 0. The Morgan fingerprint density at radius 2 is 2.00 bits per heavy atom. The van der Waals surface area contributed by atoms with E-state index in [0.717, 1.165) is 6.42 Å². The number of hydrogen-bond acceptors (Lipinski definition) is 0. The fourth-order valence-electron chi connectivity index (χ4n) is 1.42. The molecule has 0 bridgehead atoms. The molecular weight excluding hydrogens is 155 g/mol. The van der Waals surface area contributed by atoms with Crippen LogP contribution in [-0.2, 0) is 6.42 Å². The van der Waals surface area contributed by atoms with E-state index in [0.29, 0.717) is 0 Å². The Hall–Kier alpha value is -0.170. The topological polar surface area (TPSA) is 0 Å². The zero-order chi connectivity index (χ0) is 7.68. The standard InChI is InChI=1S/C11H11.Na/c1-2-9-7-10-5-3-4-6-11(10)8-9;/h3-8H,2H2,1H3;/q-1;+1. The van der Waals surface area contributed by atoms with E-state index in [1.54, 1.807) is 0 Å². The molecule has 0 aliphatic carbocycles. The first-order valence-electron chi connectivity index (χ1n) is 4.04. The summed E-state index contributed by atoms with van der Waals surface area (Å²) >= 11 is 0. The molecule has 0 saturated heterocycles. The fraction of sp³-hybridized carbons (Fsp3) is 0.182. The first-order chi connectivity index (χ1) is 5.40. The van der Waals surface area contributed by atoms with Crippen molar-refractivity contribution in [3.05, 3.63) is 42.0 Å². The quantitative estimate of drug-likeness (QED) is 0.417. The molecule has 0 fully saturated rings. The maximum absolute atomic E-state index is 2.26.